The summed E-state index contributed by atoms with van der Waals surface area (Å²) in [5.74, 6) is 0.381. The zero-order valence-electron chi connectivity index (χ0n) is 15.4. The summed E-state index contributed by atoms with van der Waals surface area (Å²) in [6, 6.07) is 13.6. The predicted molar refractivity (Wildman–Crippen MR) is 111 cm³/mol. The van der Waals surface area contributed by atoms with E-state index in [1.807, 2.05) is 12.1 Å². The number of nitrogens with one attached hydrogen (secondary N) is 1. The molecule has 1 saturated heterocycles. The minimum absolute atomic E-state index is 0.181. The average Bonchev–Trinajstić information content (AvgIpc) is 2.72. The lowest BCUT2D eigenvalue weighted by atomic mass is 10.2. The van der Waals surface area contributed by atoms with Crippen molar-refractivity contribution in [3.05, 3.63) is 58.6 Å². The van der Waals surface area contributed by atoms with Gasteiger partial charge in [0, 0.05) is 17.6 Å². The lowest BCUT2D eigenvalue weighted by molar-refractivity contribution is 0.0946. The Labute approximate surface area is 174 Å². The van der Waals surface area contributed by atoms with Crippen LogP contribution in [-0.2, 0) is 10.0 Å². The summed E-state index contributed by atoms with van der Waals surface area (Å²) in [5, 5.41) is 2.79. The Bertz CT molecular complexity index is 910. The number of piperidine rings is 1. The first-order chi connectivity index (χ1) is 13.5. The van der Waals surface area contributed by atoms with Crippen LogP contribution in [0.15, 0.2) is 57.9 Å². The summed E-state index contributed by atoms with van der Waals surface area (Å²) in [6.07, 6.45) is 2.90. The highest BCUT2D eigenvalue weighted by Crippen LogP contribution is 2.22. The van der Waals surface area contributed by atoms with E-state index in [1.54, 1.807) is 40.7 Å². The number of carbonyl (C=O) groups is 1. The van der Waals surface area contributed by atoms with E-state index in [0.29, 0.717) is 30.9 Å². The third-order valence-electron chi connectivity index (χ3n) is 4.55. The van der Waals surface area contributed by atoms with E-state index in [2.05, 4.69) is 21.2 Å². The number of amides is 1. The van der Waals surface area contributed by atoms with Crippen molar-refractivity contribution in [2.75, 3.05) is 26.2 Å². The normalized spacial score (nSPS) is 15.2. The van der Waals surface area contributed by atoms with Crippen LogP contribution in [0.1, 0.15) is 29.6 Å². The van der Waals surface area contributed by atoms with Crippen molar-refractivity contribution in [1.29, 1.82) is 0 Å². The van der Waals surface area contributed by atoms with Crippen molar-refractivity contribution in [3.63, 3.8) is 0 Å². The highest BCUT2D eigenvalue weighted by molar-refractivity contribution is 9.10. The fourth-order valence-electron chi connectivity index (χ4n) is 3.04. The fraction of sp³-hybridized carbons (Fsp3) is 0.350. The van der Waals surface area contributed by atoms with E-state index in [0.717, 1.165) is 23.7 Å². The number of benzene rings is 2. The fourth-order valence-corrected chi connectivity index (χ4v) is 5.02. The van der Waals surface area contributed by atoms with Crippen molar-refractivity contribution in [2.24, 2.45) is 0 Å². The quantitative estimate of drug-likeness (QED) is 0.634. The summed E-state index contributed by atoms with van der Waals surface area (Å²) in [5.41, 5.74) is 0.565. The van der Waals surface area contributed by atoms with Crippen LogP contribution in [0.4, 0.5) is 0 Å². The van der Waals surface area contributed by atoms with Gasteiger partial charge in [-0.2, -0.15) is 4.31 Å². The molecule has 0 saturated carbocycles. The molecule has 1 amide bonds. The first-order valence-electron chi connectivity index (χ1n) is 9.24. The number of hydrogen-bond acceptors (Lipinski definition) is 4. The largest absolute Gasteiger partial charge is 0.492 e. The highest BCUT2D eigenvalue weighted by atomic mass is 79.9. The number of hydrogen-bond donors (Lipinski definition) is 1. The molecule has 0 radical (unpaired) electrons. The molecule has 8 heteroatoms. The van der Waals surface area contributed by atoms with E-state index < -0.39 is 10.0 Å². The summed E-state index contributed by atoms with van der Waals surface area (Å²) in [6.45, 7) is 1.79. The molecule has 0 aromatic heterocycles. The van der Waals surface area contributed by atoms with E-state index in [9.17, 15) is 13.2 Å². The van der Waals surface area contributed by atoms with Crippen LogP contribution in [0.25, 0.3) is 0 Å². The molecule has 0 atom stereocenters. The van der Waals surface area contributed by atoms with Crippen LogP contribution >= 0.6 is 15.9 Å². The Morgan fingerprint density at radius 1 is 1.04 bits per heavy atom. The first-order valence-corrected chi connectivity index (χ1v) is 11.5. The van der Waals surface area contributed by atoms with Crippen molar-refractivity contribution in [1.82, 2.24) is 9.62 Å². The van der Waals surface area contributed by atoms with E-state index in [4.69, 9.17) is 4.74 Å². The van der Waals surface area contributed by atoms with Crippen LogP contribution in [0.3, 0.4) is 0 Å². The molecular weight excluding hydrogens is 444 g/mol. The van der Waals surface area contributed by atoms with Gasteiger partial charge in [-0.3, -0.25) is 4.79 Å². The van der Waals surface area contributed by atoms with Crippen molar-refractivity contribution in [2.45, 2.75) is 24.2 Å². The minimum atomic E-state index is -3.43. The number of sulfonamides is 1. The second-order valence-corrected chi connectivity index (χ2v) is 9.31. The molecule has 28 heavy (non-hydrogen) atoms. The highest BCUT2D eigenvalue weighted by Gasteiger charge is 2.25. The lowest BCUT2D eigenvalue weighted by Crippen LogP contribution is -2.35. The molecule has 2 aromatic carbocycles. The standard InChI is InChI=1S/C20H23BrN2O4S/c21-19-7-3-2-6-18(19)20(24)22-12-15-27-16-8-10-17(11-9-16)28(25,26)23-13-4-1-5-14-23/h2-3,6-11H,1,4-5,12-15H2,(H,22,24). The summed E-state index contributed by atoms with van der Waals surface area (Å²) >= 11 is 3.35. The van der Waals surface area contributed by atoms with Gasteiger partial charge in [-0.05, 0) is 65.2 Å². The summed E-state index contributed by atoms with van der Waals surface area (Å²) in [7, 11) is -3.43. The van der Waals surface area contributed by atoms with Gasteiger partial charge >= 0.3 is 0 Å². The average molecular weight is 467 g/mol. The Morgan fingerprint density at radius 2 is 1.71 bits per heavy atom. The van der Waals surface area contributed by atoms with Gasteiger partial charge in [0.2, 0.25) is 10.0 Å². The van der Waals surface area contributed by atoms with Crippen LogP contribution in [0, 0.1) is 0 Å². The number of ether oxygens (including phenoxy) is 1. The van der Waals surface area contributed by atoms with Gasteiger partial charge in [-0.15, -0.1) is 0 Å². The third kappa shape index (κ3) is 5.12. The zero-order valence-corrected chi connectivity index (χ0v) is 17.8. The maximum absolute atomic E-state index is 12.6. The Kier molecular flexibility index (Phi) is 7.09. The smallest absolute Gasteiger partial charge is 0.252 e. The molecular formula is C20H23BrN2O4S. The topological polar surface area (TPSA) is 75.7 Å². The second kappa shape index (κ2) is 9.54. The Hall–Kier alpha value is -1.90. The van der Waals surface area contributed by atoms with E-state index in [-0.39, 0.29) is 17.4 Å². The first kappa shape index (κ1) is 20.8. The molecule has 2 aromatic rings. The van der Waals surface area contributed by atoms with Gasteiger partial charge in [0.05, 0.1) is 17.0 Å². The third-order valence-corrected chi connectivity index (χ3v) is 7.16. The molecule has 0 spiro atoms. The van der Waals surface area contributed by atoms with Gasteiger partial charge in [0.1, 0.15) is 12.4 Å². The Balaban J connectivity index is 1.49. The van der Waals surface area contributed by atoms with Crippen molar-refractivity contribution < 1.29 is 17.9 Å². The molecule has 1 fully saturated rings. The van der Waals surface area contributed by atoms with Gasteiger partial charge in [0.25, 0.3) is 5.91 Å². The second-order valence-electron chi connectivity index (χ2n) is 6.52. The molecule has 1 N–H and O–H groups in total. The molecule has 1 aliphatic rings. The molecule has 0 unspecified atom stereocenters. The van der Waals surface area contributed by atoms with Crippen LogP contribution in [0.2, 0.25) is 0 Å². The predicted octanol–water partition coefficient (Wildman–Crippen LogP) is 3.43. The molecule has 150 valence electrons. The number of halogens is 1. The SMILES string of the molecule is O=C(NCCOc1ccc(S(=O)(=O)N2CCCCC2)cc1)c1ccccc1Br. The number of nitrogens with zero attached hydrogens (tertiary/aromatic N) is 1. The van der Waals surface area contributed by atoms with Gasteiger partial charge < -0.3 is 10.1 Å². The van der Waals surface area contributed by atoms with E-state index in [1.165, 1.54) is 0 Å². The summed E-state index contributed by atoms with van der Waals surface area (Å²) in [4.78, 5) is 12.4. The minimum Gasteiger partial charge on any atom is -0.492 e. The van der Waals surface area contributed by atoms with Gasteiger partial charge in [0.15, 0.2) is 0 Å². The molecule has 3 rings (SSSR count). The molecule has 0 bridgehead atoms. The number of rotatable bonds is 7. The maximum Gasteiger partial charge on any atom is 0.252 e. The number of carbonyl (C=O) groups excluding carboxylic acids is 1. The van der Waals surface area contributed by atoms with Crippen LogP contribution in [0.5, 0.6) is 5.75 Å². The monoisotopic (exact) mass is 466 g/mol. The van der Waals surface area contributed by atoms with Gasteiger partial charge in [-0.1, -0.05) is 18.6 Å². The lowest BCUT2D eigenvalue weighted by Gasteiger charge is -2.25. The van der Waals surface area contributed by atoms with Crippen LogP contribution in [-0.4, -0.2) is 44.9 Å². The van der Waals surface area contributed by atoms with E-state index >= 15 is 0 Å². The maximum atomic E-state index is 12.6. The van der Waals surface area contributed by atoms with Crippen LogP contribution < -0.4 is 10.1 Å². The zero-order chi connectivity index (χ0) is 20.0. The Morgan fingerprint density at radius 3 is 2.39 bits per heavy atom. The van der Waals surface area contributed by atoms with Crippen molar-refractivity contribution >= 4 is 31.9 Å². The van der Waals surface area contributed by atoms with Gasteiger partial charge in [-0.25, -0.2) is 8.42 Å². The van der Waals surface area contributed by atoms with Crippen molar-refractivity contribution in [3.8, 4) is 5.75 Å². The molecule has 0 aliphatic carbocycles. The molecule has 6 nitrogen and oxygen atoms in total. The molecule has 1 heterocycles. The summed E-state index contributed by atoms with van der Waals surface area (Å²) < 4.78 is 33.1. The molecule has 1 aliphatic heterocycles.